The molecule has 0 bridgehead atoms. The molecule has 2 aromatic heterocycles. The van der Waals surface area contributed by atoms with Crippen LogP contribution in [0, 0.1) is 6.92 Å². The van der Waals surface area contributed by atoms with Gasteiger partial charge in [0.15, 0.2) is 0 Å². The van der Waals surface area contributed by atoms with E-state index in [1.807, 2.05) is 25.1 Å². The summed E-state index contributed by atoms with van der Waals surface area (Å²) in [7, 11) is 0. The van der Waals surface area contributed by atoms with E-state index in [4.69, 9.17) is 17.3 Å². The molecule has 0 unspecified atom stereocenters. The summed E-state index contributed by atoms with van der Waals surface area (Å²) < 4.78 is 0. The third kappa shape index (κ3) is 3.42. The molecule has 0 aliphatic carbocycles. The van der Waals surface area contributed by atoms with Crippen LogP contribution in [-0.2, 0) is 6.54 Å². The molecule has 0 atom stereocenters. The standard InChI is InChI=1S/C13H13ClN4O/c1-8-3-2-4-10(18-8)7-17-13(19)11-5-9(15)6-16-12(11)14/h2-6H,7,15H2,1H3,(H,17,19). The molecule has 0 spiro atoms. The topological polar surface area (TPSA) is 80.9 Å². The lowest BCUT2D eigenvalue weighted by Crippen LogP contribution is -2.24. The van der Waals surface area contributed by atoms with Crippen LogP contribution < -0.4 is 11.1 Å². The second-order valence-electron chi connectivity index (χ2n) is 4.06. The van der Waals surface area contributed by atoms with E-state index in [1.165, 1.54) is 12.3 Å². The summed E-state index contributed by atoms with van der Waals surface area (Å²) >= 11 is 5.85. The first-order chi connectivity index (χ1) is 9.06. The molecule has 19 heavy (non-hydrogen) atoms. The highest BCUT2D eigenvalue weighted by atomic mass is 35.5. The minimum Gasteiger partial charge on any atom is -0.397 e. The van der Waals surface area contributed by atoms with Crippen LogP contribution in [0.5, 0.6) is 0 Å². The summed E-state index contributed by atoms with van der Waals surface area (Å²) in [5, 5.41) is 2.86. The van der Waals surface area contributed by atoms with E-state index < -0.39 is 0 Å². The van der Waals surface area contributed by atoms with E-state index in [2.05, 4.69) is 15.3 Å². The summed E-state index contributed by atoms with van der Waals surface area (Å²) in [6.07, 6.45) is 1.40. The molecule has 3 N–H and O–H groups in total. The zero-order chi connectivity index (χ0) is 13.8. The molecular formula is C13H13ClN4O. The molecule has 2 rings (SSSR count). The Morgan fingerprint density at radius 2 is 2.26 bits per heavy atom. The van der Waals surface area contributed by atoms with Crippen molar-refractivity contribution in [2.45, 2.75) is 13.5 Å². The van der Waals surface area contributed by atoms with Gasteiger partial charge in [0.2, 0.25) is 0 Å². The van der Waals surface area contributed by atoms with Crippen LogP contribution in [0.4, 0.5) is 5.69 Å². The Bertz CT molecular complexity index is 615. The van der Waals surface area contributed by atoms with Crippen molar-refractivity contribution in [1.82, 2.24) is 15.3 Å². The van der Waals surface area contributed by atoms with E-state index in [-0.39, 0.29) is 16.6 Å². The van der Waals surface area contributed by atoms with Crippen LogP contribution in [0.3, 0.4) is 0 Å². The van der Waals surface area contributed by atoms with E-state index in [0.717, 1.165) is 11.4 Å². The highest BCUT2D eigenvalue weighted by Crippen LogP contribution is 2.15. The number of nitrogen functional groups attached to an aromatic ring is 1. The molecule has 0 aliphatic rings. The van der Waals surface area contributed by atoms with Gasteiger partial charge in [0.25, 0.3) is 5.91 Å². The van der Waals surface area contributed by atoms with Gasteiger partial charge in [0.05, 0.1) is 29.7 Å². The molecule has 2 aromatic rings. The number of aryl methyl sites for hydroxylation is 1. The maximum Gasteiger partial charge on any atom is 0.254 e. The lowest BCUT2D eigenvalue weighted by molar-refractivity contribution is 0.0950. The smallest absolute Gasteiger partial charge is 0.254 e. The van der Waals surface area contributed by atoms with Gasteiger partial charge in [-0.15, -0.1) is 0 Å². The first kappa shape index (κ1) is 13.3. The quantitative estimate of drug-likeness (QED) is 0.840. The van der Waals surface area contributed by atoms with E-state index in [9.17, 15) is 4.79 Å². The Labute approximate surface area is 115 Å². The van der Waals surface area contributed by atoms with Gasteiger partial charge in [0.1, 0.15) is 5.15 Å². The number of amides is 1. The van der Waals surface area contributed by atoms with Gasteiger partial charge < -0.3 is 11.1 Å². The number of carbonyl (C=O) groups is 1. The summed E-state index contributed by atoms with van der Waals surface area (Å²) in [5.74, 6) is -0.326. The third-order valence-electron chi connectivity index (χ3n) is 2.48. The summed E-state index contributed by atoms with van der Waals surface area (Å²) in [6.45, 7) is 2.22. The fraction of sp³-hybridized carbons (Fsp3) is 0.154. The van der Waals surface area contributed by atoms with Crippen molar-refractivity contribution in [3.05, 3.63) is 52.6 Å². The van der Waals surface area contributed by atoms with Crippen molar-refractivity contribution in [2.24, 2.45) is 0 Å². The fourth-order valence-electron chi connectivity index (χ4n) is 1.59. The van der Waals surface area contributed by atoms with Gasteiger partial charge >= 0.3 is 0 Å². The number of carbonyl (C=O) groups excluding carboxylic acids is 1. The SMILES string of the molecule is Cc1cccc(CNC(=O)c2cc(N)cnc2Cl)n1. The first-order valence-electron chi connectivity index (χ1n) is 5.68. The predicted octanol–water partition coefficient (Wildman–Crippen LogP) is 1.95. The largest absolute Gasteiger partial charge is 0.397 e. The Balaban J connectivity index is 2.07. The van der Waals surface area contributed by atoms with Gasteiger partial charge in [-0.2, -0.15) is 0 Å². The summed E-state index contributed by atoms with van der Waals surface area (Å²) in [4.78, 5) is 20.1. The van der Waals surface area contributed by atoms with Crippen LogP contribution in [0.25, 0.3) is 0 Å². The minimum absolute atomic E-state index is 0.129. The average molecular weight is 277 g/mol. The maximum absolute atomic E-state index is 12.0. The molecule has 0 fully saturated rings. The lowest BCUT2D eigenvalue weighted by Gasteiger charge is -2.07. The van der Waals surface area contributed by atoms with Crippen molar-refractivity contribution in [3.63, 3.8) is 0 Å². The van der Waals surface area contributed by atoms with Gasteiger partial charge in [-0.3, -0.25) is 9.78 Å². The zero-order valence-electron chi connectivity index (χ0n) is 10.4. The lowest BCUT2D eigenvalue weighted by atomic mass is 10.2. The third-order valence-corrected chi connectivity index (χ3v) is 2.78. The second-order valence-corrected chi connectivity index (χ2v) is 4.42. The molecule has 6 heteroatoms. The van der Waals surface area contributed by atoms with Crippen LogP contribution in [0.1, 0.15) is 21.7 Å². The van der Waals surface area contributed by atoms with Gasteiger partial charge in [-0.05, 0) is 25.1 Å². The van der Waals surface area contributed by atoms with Crippen molar-refractivity contribution in [2.75, 3.05) is 5.73 Å². The highest BCUT2D eigenvalue weighted by molar-refractivity contribution is 6.32. The molecule has 0 aromatic carbocycles. The van der Waals surface area contributed by atoms with Crippen LogP contribution >= 0.6 is 11.6 Å². The Morgan fingerprint density at radius 3 is 3.00 bits per heavy atom. The number of nitrogens with two attached hydrogens (primary N) is 1. The Kier molecular flexibility index (Phi) is 3.97. The highest BCUT2D eigenvalue weighted by Gasteiger charge is 2.11. The Morgan fingerprint density at radius 1 is 1.47 bits per heavy atom. The van der Waals surface area contributed by atoms with Crippen LogP contribution in [-0.4, -0.2) is 15.9 Å². The van der Waals surface area contributed by atoms with Crippen molar-refractivity contribution >= 4 is 23.2 Å². The van der Waals surface area contributed by atoms with Crippen molar-refractivity contribution < 1.29 is 4.79 Å². The molecule has 1 amide bonds. The molecule has 2 heterocycles. The predicted molar refractivity (Wildman–Crippen MR) is 73.8 cm³/mol. The Hall–Kier alpha value is -2.14. The molecule has 0 saturated heterocycles. The number of hydrogen-bond donors (Lipinski definition) is 2. The second kappa shape index (κ2) is 5.67. The molecule has 0 aliphatic heterocycles. The number of nitrogens with one attached hydrogen (secondary N) is 1. The number of rotatable bonds is 3. The van der Waals surface area contributed by atoms with Crippen molar-refractivity contribution in [1.29, 1.82) is 0 Å². The number of nitrogens with zero attached hydrogens (tertiary/aromatic N) is 2. The maximum atomic E-state index is 12.0. The number of hydrogen-bond acceptors (Lipinski definition) is 4. The van der Waals surface area contributed by atoms with Gasteiger partial charge in [-0.1, -0.05) is 17.7 Å². The van der Waals surface area contributed by atoms with Crippen LogP contribution in [0.2, 0.25) is 5.15 Å². The number of aromatic nitrogens is 2. The molecule has 98 valence electrons. The zero-order valence-corrected chi connectivity index (χ0v) is 11.1. The van der Waals surface area contributed by atoms with Crippen molar-refractivity contribution in [3.8, 4) is 0 Å². The molecule has 0 radical (unpaired) electrons. The number of anilines is 1. The summed E-state index contributed by atoms with van der Waals surface area (Å²) in [5.41, 5.74) is 7.91. The monoisotopic (exact) mass is 276 g/mol. The average Bonchev–Trinajstić information content (AvgIpc) is 2.39. The molecule has 5 nitrogen and oxygen atoms in total. The van der Waals surface area contributed by atoms with Gasteiger partial charge in [0, 0.05) is 5.69 Å². The number of pyridine rings is 2. The fourth-order valence-corrected chi connectivity index (χ4v) is 1.78. The summed E-state index contributed by atoms with van der Waals surface area (Å²) in [6, 6.07) is 7.11. The normalized spacial score (nSPS) is 10.2. The minimum atomic E-state index is -0.326. The van der Waals surface area contributed by atoms with E-state index in [0.29, 0.717) is 12.2 Å². The van der Waals surface area contributed by atoms with E-state index >= 15 is 0 Å². The number of halogens is 1. The van der Waals surface area contributed by atoms with E-state index in [1.54, 1.807) is 0 Å². The van der Waals surface area contributed by atoms with Crippen LogP contribution in [0.15, 0.2) is 30.5 Å². The molecule has 0 saturated carbocycles. The first-order valence-corrected chi connectivity index (χ1v) is 6.06. The van der Waals surface area contributed by atoms with Gasteiger partial charge in [-0.25, -0.2) is 4.98 Å². The molecular weight excluding hydrogens is 264 g/mol.